The third-order valence-corrected chi connectivity index (χ3v) is 1.81. The van der Waals surface area contributed by atoms with Crippen molar-refractivity contribution in [2.45, 2.75) is 20.0 Å². The lowest BCUT2D eigenvalue weighted by Gasteiger charge is -2.27. The number of rotatable bonds is 1. The molecule has 0 aliphatic carbocycles. The summed E-state index contributed by atoms with van der Waals surface area (Å²) in [7, 11) is 3.79. The summed E-state index contributed by atoms with van der Waals surface area (Å²) in [6.45, 7) is 4.88. The summed E-state index contributed by atoms with van der Waals surface area (Å²) in [4.78, 5) is 10.6. The van der Waals surface area contributed by atoms with E-state index in [2.05, 4.69) is 20.6 Å². The SMILES string of the molecule is CCNC1=NC(C)N=C(NC)N1C. The van der Waals surface area contributed by atoms with Gasteiger partial charge in [0.25, 0.3) is 0 Å². The Morgan fingerprint density at radius 2 is 2.00 bits per heavy atom. The molecule has 0 aromatic rings. The molecule has 0 amide bonds. The molecular formula is C8H17N5. The molecule has 0 aromatic carbocycles. The number of nitrogens with one attached hydrogen (secondary N) is 2. The van der Waals surface area contributed by atoms with Crippen LogP contribution in [0.15, 0.2) is 9.98 Å². The monoisotopic (exact) mass is 183 g/mol. The molecule has 74 valence electrons. The van der Waals surface area contributed by atoms with Gasteiger partial charge in [0.05, 0.1) is 0 Å². The molecule has 5 heteroatoms. The van der Waals surface area contributed by atoms with Crippen molar-refractivity contribution in [3.8, 4) is 0 Å². The van der Waals surface area contributed by atoms with E-state index in [0.717, 1.165) is 18.5 Å². The van der Waals surface area contributed by atoms with Gasteiger partial charge in [-0.15, -0.1) is 0 Å². The first kappa shape index (κ1) is 9.83. The van der Waals surface area contributed by atoms with Crippen LogP contribution < -0.4 is 10.6 Å². The van der Waals surface area contributed by atoms with Crippen molar-refractivity contribution < 1.29 is 0 Å². The lowest BCUT2D eigenvalue weighted by molar-refractivity contribution is 0.600. The van der Waals surface area contributed by atoms with E-state index in [9.17, 15) is 0 Å². The summed E-state index contributed by atoms with van der Waals surface area (Å²) < 4.78 is 0. The van der Waals surface area contributed by atoms with Gasteiger partial charge in [0.15, 0.2) is 0 Å². The van der Waals surface area contributed by atoms with Crippen LogP contribution in [0.2, 0.25) is 0 Å². The molecule has 1 aliphatic heterocycles. The van der Waals surface area contributed by atoms with Crippen LogP contribution in [0.3, 0.4) is 0 Å². The van der Waals surface area contributed by atoms with E-state index >= 15 is 0 Å². The second kappa shape index (κ2) is 4.11. The van der Waals surface area contributed by atoms with E-state index in [1.54, 1.807) is 0 Å². The number of hydrogen-bond acceptors (Lipinski definition) is 5. The zero-order valence-corrected chi connectivity index (χ0v) is 8.63. The third-order valence-electron chi connectivity index (χ3n) is 1.81. The first-order chi connectivity index (χ1) is 6.19. The van der Waals surface area contributed by atoms with Crippen molar-refractivity contribution in [3.05, 3.63) is 0 Å². The van der Waals surface area contributed by atoms with Crippen molar-refractivity contribution >= 4 is 11.9 Å². The standard InChI is InChI=1S/C8H17N5/c1-5-10-8-12-6(2)11-7(9-3)13(8)4/h6H,5H2,1-4H3,(H,9,11)(H,10,12). The number of aliphatic imine (C=N–C) groups is 2. The maximum atomic E-state index is 4.36. The Hall–Kier alpha value is -1.26. The Labute approximate surface area is 78.9 Å². The molecule has 0 spiro atoms. The molecule has 2 N–H and O–H groups in total. The van der Waals surface area contributed by atoms with Gasteiger partial charge < -0.3 is 10.6 Å². The zero-order chi connectivity index (χ0) is 9.84. The van der Waals surface area contributed by atoms with Gasteiger partial charge in [-0.3, -0.25) is 4.90 Å². The van der Waals surface area contributed by atoms with Crippen LogP contribution >= 0.6 is 0 Å². The van der Waals surface area contributed by atoms with Gasteiger partial charge in [-0.2, -0.15) is 0 Å². The highest BCUT2D eigenvalue weighted by Crippen LogP contribution is 2.02. The van der Waals surface area contributed by atoms with Crippen LogP contribution in [0.1, 0.15) is 13.8 Å². The maximum absolute atomic E-state index is 4.36. The molecule has 0 aromatic heterocycles. The van der Waals surface area contributed by atoms with E-state index < -0.39 is 0 Å². The average Bonchev–Trinajstić information content (AvgIpc) is 2.11. The Morgan fingerprint density at radius 3 is 2.54 bits per heavy atom. The highest BCUT2D eigenvalue weighted by atomic mass is 15.4. The van der Waals surface area contributed by atoms with Gasteiger partial charge >= 0.3 is 0 Å². The highest BCUT2D eigenvalue weighted by Gasteiger charge is 2.17. The van der Waals surface area contributed by atoms with Crippen molar-refractivity contribution in [1.29, 1.82) is 0 Å². The molecule has 1 aliphatic rings. The van der Waals surface area contributed by atoms with Gasteiger partial charge in [-0.25, -0.2) is 9.98 Å². The quantitative estimate of drug-likeness (QED) is 0.593. The average molecular weight is 183 g/mol. The Bertz CT molecular complexity index is 233. The summed E-state index contributed by atoms with van der Waals surface area (Å²) in [5, 5.41) is 6.21. The van der Waals surface area contributed by atoms with E-state index in [4.69, 9.17) is 0 Å². The van der Waals surface area contributed by atoms with Crippen LogP contribution in [0.25, 0.3) is 0 Å². The predicted octanol–water partition coefficient (Wildman–Crippen LogP) is -0.181. The fourth-order valence-corrected chi connectivity index (χ4v) is 1.21. The number of nitrogens with zero attached hydrogens (tertiary/aromatic N) is 3. The normalized spacial score (nSPS) is 22.2. The van der Waals surface area contributed by atoms with Crippen LogP contribution in [-0.4, -0.2) is 43.6 Å². The molecule has 0 fully saturated rings. The van der Waals surface area contributed by atoms with Gasteiger partial charge in [0, 0.05) is 20.6 Å². The zero-order valence-electron chi connectivity index (χ0n) is 8.63. The van der Waals surface area contributed by atoms with Gasteiger partial charge in [0.1, 0.15) is 6.17 Å². The molecule has 0 saturated heterocycles. The summed E-state index contributed by atoms with van der Waals surface area (Å²) in [5.74, 6) is 1.72. The van der Waals surface area contributed by atoms with E-state index in [0.29, 0.717) is 0 Å². The fraction of sp³-hybridized carbons (Fsp3) is 0.750. The maximum Gasteiger partial charge on any atom is 0.202 e. The van der Waals surface area contributed by atoms with Crippen LogP contribution in [0.4, 0.5) is 0 Å². The molecule has 0 radical (unpaired) electrons. The first-order valence-corrected chi connectivity index (χ1v) is 4.50. The Morgan fingerprint density at radius 1 is 1.38 bits per heavy atom. The topological polar surface area (TPSA) is 52.0 Å². The van der Waals surface area contributed by atoms with Crippen molar-refractivity contribution in [3.63, 3.8) is 0 Å². The van der Waals surface area contributed by atoms with E-state index in [1.165, 1.54) is 0 Å². The van der Waals surface area contributed by atoms with Crippen LogP contribution in [0, 0.1) is 0 Å². The predicted molar refractivity (Wildman–Crippen MR) is 54.8 cm³/mol. The second-order valence-electron chi connectivity index (χ2n) is 2.88. The molecule has 1 unspecified atom stereocenters. The largest absolute Gasteiger partial charge is 0.359 e. The Kier molecular flexibility index (Phi) is 3.11. The highest BCUT2D eigenvalue weighted by molar-refractivity contribution is 5.99. The van der Waals surface area contributed by atoms with Gasteiger partial charge in [0.2, 0.25) is 11.9 Å². The fourth-order valence-electron chi connectivity index (χ4n) is 1.21. The van der Waals surface area contributed by atoms with E-state index in [-0.39, 0.29) is 6.17 Å². The summed E-state index contributed by atoms with van der Waals surface area (Å²) in [5.41, 5.74) is 0. The minimum absolute atomic E-state index is 0.00676. The molecule has 1 heterocycles. The Balaban J connectivity index is 2.75. The van der Waals surface area contributed by atoms with E-state index in [1.807, 2.05) is 32.8 Å². The molecule has 1 rings (SSSR count). The molecule has 5 nitrogen and oxygen atoms in total. The summed E-state index contributed by atoms with van der Waals surface area (Å²) in [6.07, 6.45) is -0.00676. The van der Waals surface area contributed by atoms with Gasteiger partial charge in [-0.1, -0.05) is 0 Å². The minimum Gasteiger partial charge on any atom is -0.359 e. The molecular weight excluding hydrogens is 166 g/mol. The third kappa shape index (κ3) is 2.11. The molecule has 0 bridgehead atoms. The number of guanidine groups is 2. The van der Waals surface area contributed by atoms with Crippen molar-refractivity contribution in [2.75, 3.05) is 20.6 Å². The lowest BCUT2D eigenvalue weighted by atomic mass is 10.5. The second-order valence-corrected chi connectivity index (χ2v) is 2.88. The lowest BCUT2D eigenvalue weighted by Crippen LogP contribution is -2.50. The van der Waals surface area contributed by atoms with Crippen molar-refractivity contribution in [1.82, 2.24) is 15.5 Å². The summed E-state index contributed by atoms with van der Waals surface area (Å²) >= 11 is 0. The summed E-state index contributed by atoms with van der Waals surface area (Å²) in [6, 6.07) is 0. The molecule has 0 saturated carbocycles. The molecule has 1 atom stereocenters. The molecule has 13 heavy (non-hydrogen) atoms. The first-order valence-electron chi connectivity index (χ1n) is 4.50. The van der Waals surface area contributed by atoms with Crippen LogP contribution in [-0.2, 0) is 0 Å². The van der Waals surface area contributed by atoms with Crippen LogP contribution in [0.5, 0.6) is 0 Å². The smallest absolute Gasteiger partial charge is 0.202 e. The number of hydrogen-bond donors (Lipinski definition) is 2. The minimum atomic E-state index is -0.00676. The van der Waals surface area contributed by atoms with Gasteiger partial charge in [-0.05, 0) is 13.8 Å². The van der Waals surface area contributed by atoms with Crippen molar-refractivity contribution in [2.24, 2.45) is 9.98 Å².